The maximum atomic E-state index is 7.22. The maximum absolute atomic E-state index is 7.22. The van der Waals surface area contributed by atoms with Crippen molar-refractivity contribution in [2.24, 2.45) is 4.99 Å². The minimum absolute atomic E-state index is 0.764. The smallest absolute Gasteiger partial charge is 0.0610 e. The van der Waals surface area contributed by atoms with E-state index >= 15 is 0 Å². The molecule has 0 aliphatic heterocycles. The lowest BCUT2D eigenvalue weighted by Gasteiger charge is -2.08. The molecule has 0 aromatic rings. The van der Waals surface area contributed by atoms with Gasteiger partial charge in [0.1, 0.15) is 0 Å². The molecule has 0 amide bonds. The Bertz CT molecular complexity index is 249. The molecule has 2 N–H and O–H groups in total. The molecule has 0 saturated heterocycles. The average Bonchev–Trinajstić information content (AvgIpc) is 2.10. The second kappa shape index (κ2) is 6.17. The first-order valence-corrected chi connectivity index (χ1v) is 4.24. The van der Waals surface area contributed by atoms with E-state index in [1.165, 1.54) is 6.21 Å². The van der Waals surface area contributed by atoms with Gasteiger partial charge in [-0.2, -0.15) is 0 Å². The summed E-state index contributed by atoms with van der Waals surface area (Å²) in [7, 11) is 1.70. The largest absolute Gasteiger partial charge is 0.384 e. The van der Waals surface area contributed by atoms with Crippen LogP contribution in [0.3, 0.4) is 0 Å². The fourth-order valence-corrected chi connectivity index (χ4v) is 0.953. The third-order valence-corrected chi connectivity index (χ3v) is 1.52. The van der Waals surface area contributed by atoms with Gasteiger partial charge in [0.25, 0.3) is 0 Å². The number of nitrogens with one attached hydrogen (secondary N) is 2. The Hall–Kier alpha value is -1.38. The van der Waals surface area contributed by atoms with Crippen LogP contribution in [0, 0.1) is 5.41 Å². The van der Waals surface area contributed by atoms with Crippen LogP contribution in [0.4, 0.5) is 0 Å². The molecular formula is C10H17N3. The highest BCUT2D eigenvalue weighted by Gasteiger charge is 2.01. The van der Waals surface area contributed by atoms with Crippen molar-refractivity contribution in [1.29, 1.82) is 5.41 Å². The van der Waals surface area contributed by atoms with Crippen molar-refractivity contribution < 1.29 is 0 Å². The Morgan fingerprint density at radius 1 is 1.62 bits per heavy atom. The predicted molar refractivity (Wildman–Crippen MR) is 58.7 cm³/mol. The number of allylic oxidation sites excluding steroid dienone is 3. The van der Waals surface area contributed by atoms with Gasteiger partial charge < -0.3 is 10.7 Å². The molecule has 0 saturated carbocycles. The van der Waals surface area contributed by atoms with Gasteiger partial charge >= 0.3 is 0 Å². The van der Waals surface area contributed by atoms with E-state index in [4.69, 9.17) is 5.41 Å². The van der Waals surface area contributed by atoms with Crippen LogP contribution >= 0.6 is 0 Å². The summed E-state index contributed by atoms with van der Waals surface area (Å²) >= 11 is 0. The fourth-order valence-electron chi connectivity index (χ4n) is 0.953. The summed E-state index contributed by atoms with van der Waals surface area (Å²) in [6, 6.07) is 0. The molecule has 3 heteroatoms. The van der Waals surface area contributed by atoms with E-state index in [9.17, 15) is 0 Å². The first-order chi connectivity index (χ1) is 6.17. The molecule has 0 heterocycles. The lowest BCUT2D eigenvalue weighted by atomic mass is 10.1. The zero-order chi connectivity index (χ0) is 10.3. The first-order valence-electron chi connectivity index (χ1n) is 4.24. The predicted octanol–water partition coefficient (Wildman–Crippen LogP) is 1.78. The zero-order valence-corrected chi connectivity index (χ0v) is 8.52. The van der Waals surface area contributed by atoms with Crippen molar-refractivity contribution in [3.63, 3.8) is 0 Å². The van der Waals surface area contributed by atoms with Crippen LogP contribution in [-0.4, -0.2) is 26.0 Å². The summed E-state index contributed by atoms with van der Waals surface area (Å²) in [5.74, 6) is 0. The van der Waals surface area contributed by atoms with Crippen LogP contribution in [0.2, 0.25) is 0 Å². The van der Waals surface area contributed by atoms with E-state index in [-0.39, 0.29) is 0 Å². The van der Waals surface area contributed by atoms with E-state index in [1.54, 1.807) is 13.3 Å². The van der Waals surface area contributed by atoms with E-state index in [1.807, 2.05) is 13.8 Å². The topological polar surface area (TPSA) is 48.2 Å². The highest BCUT2D eigenvalue weighted by Crippen LogP contribution is 2.07. The van der Waals surface area contributed by atoms with Crippen LogP contribution < -0.4 is 5.32 Å². The summed E-state index contributed by atoms with van der Waals surface area (Å²) < 4.78 is 0. The van der Waals surface area contributed by atoms with Crippen LogP contribution in [-0.2, 0) is 0 Å². The number of hydrogen-bond acceptors (Lipinski definition) is 3. The van der Waals surface area contributed by atoms with Gasteiger partial charge in [-0.1, -0.05) is 6.58 Å². The average molecular weight is 179 g/mol. The normalized spacial score (nSPS) is 12.5. The van der Waals surface area contributed by atoms with Crippen molar-refractivity contribution >= 4 is 12.4 Å². The van der Waals surface area contributed by atoms with Gasteiger partial charge in [-0.3, -0.25) is 4.99 Å². The van der Waals surface area contributed by atoms with E-state index in [0.717, 1.165) is 23.4 Å². The van der Waals surface area contributed by atoms with E-state index in [2.05, 4.69) is 16.9 Å². The summed E-state index contributed by atoms with van der Waals surface area (Å²) in [6.07, 6.45) is 3.00. The standard InChI is InChI=1S/C10H17N3/c1-5-13-10(6-11)9(7-12-4)8(2)3/h6-7,11,13H,2,5H2,1,3-4H3/b10-9-,11-6?,12-7?. The SMILES string of the molecule is C=C(C)/C(C=NC)=C(/C=N)NCC. The van der Waals surface area contributed by atoms with Gasteiger partial charge in [0.2, 0.25) is 0 Å². The number of hydrogen-bond donors (Lipinski definition) is 2. The Balaban J connectivity index is 4.99. The molecule has 0 bridgehead atoms. The van der Waals surface area contributed by atoms with Crippen molar-refractivity contribution in [2.75, 3.05) is 13.6 Å². The van der Waals surface area contributed by atoms with Gasteiger partial charge in [0.05, 0.1) is 5.70 Å². The molecule has 0 fully saturated rings. The molecule has 0 rings (SSSR count). The molecule has 13 heavy (non-hydrogen) atoms. The summed E-state index contributed by atoms with van der Waals surface area (Å²) in [6.45, 7) is 8.51. The number of rotatable bonds is 5. The molecule has 0 aromatic carbocycles. The third kappa shape index (κ3) is 3.69. The van der Waals surface area contributed by atoms with E-state index in [0.29, 0.717) is 0 Å². The Morgan fingerprint density at radius 3 is 2.54 bits per heavy atom. The van der Waals surface area contributed by atoms with Gasteiger partial charge in [-0.05, 0) is 19.4 Å². The summed E-state index contributed by atoms with van der Waals surface area (Å²) in [5, 5.41) is 10.3. The fraction of sp³-hybridized carbons (Fsp3) is 0.400. The summed E-state index contributed by atoms with van der Waals surface area (Å²) in [5.41, 5.74) is 2.56. The van der Waals surface area contributed by atoms with Crippen LogP contribution in [0.25, 0.3) is 0 Å². The lowest BCUT2D eigenvalue weighted by molar-refractivity contribution is 0.888. The van der Waals surface area contributed by atoms with Crippen LogP contribution in [0.15, 0.2) is 28.4 Å². The second-order valence-corrected chi connectivity index (χ2v) is 2.67. The van der Waals surface area contributed by atoms with Crippen molar-refractivity contribution in [1.82, 2.24) is 5.32 Å². The molecule has 0 aromatic heterocycles. The molecule has 0 aliphatic carbocycles. The molecule has 72 valence electrons. The molecule has 0 radical (unpaired) electrons. The molecular weight excluding hydrogens is 162 g/mol. The number of nitrogens with zero attached hydrogens (tertiary/aromatic N) is 1. The van der Waals surface area contributed by atoms with Gasteiger partial charge in [0, 0.05) is 31.6 Å². The van der Waals surface area contributed by atoms with Crippen molar-refractivity contribution in [3.05, 3.63) is 23.4 Å². The Kier molecular flexibility index (Phi) is 5.52. The molecule has 0 spiro atoms. The Labute approximate surface area is 79.8 Å². The first kappa shape index (κ1) is 11.6. The van der Waals surface area contributed by atoms with Crippen LogP contribution in [0.1, 0.15) is 13.8 Å². The quantitative estimate of drug-likeness (QED) is 0.490. The zero-order valence-electron chi connectivity index (χ0n) is 8.52. The lowest BCUT2D eigenvalue weighted by Crippen LogP contribution is -2.16. The van der Waals surface area contributed by atoms with Crippen LogP contribution in [0.5, 0.6) is 0 Å². The highest BCUT2D eigenvalue weighted by molar-refractivity contribution is 5.93. The highest BCUT2D eigenvalue weighted by atomic mass is 14.9. The third-order valence-electron chi connectivity index (χ3n) is 1.52. The number of aliphatic imine (C=N–C) groups is 1. The molecule has 0 unspecified atom stereocenters. The second-order valence-electron chi connectivity index (χ2n) is 2.67. The minimum atomic E-state index is 0.764. The minimum Gasteiger partial charge on any atom is -0.384 e. The van der Waals surface area contributed by atoms with Gasteiger partial charge in [0.15, 0.2) is 0 Å². The monoisotopic (exact) mass is 179 g/mol. The summed E-state index contributed by atoms with van der Waals surface area (Å²) in [4.78, 5) is 3.92. The van der Waals surface area contributed by atoms with E-state index < -0.39 is 0 Å². The van der Waals surface area contributed by atoms with Gasteiger partial charge in [-0.25, -0.2) is 0 Å². The van der Waals surface area contributed by atoms with Crippen molar-refractivity contribution in [2.45, 2.75) is 13.8 Å². The molecule has 0 atom stereocenters. The molecule has 3 nitrogen and oxygen atoms in total. The van der Waals surface area contributed by atoms with Gasteiger partial charge in [-0.15, -0.1) is 0 Å². The molecule has 0 aliphatic rings. The van der Waals surface area contributed by atoms with Crippen molar-refractivity contribution in [3.8, 4) is 0 Å². The maximum Gasteiger partial charge on any atom is 0.0610 e. The Morgan fingerprint density at radius 2 is 2.23 bits per heavy atom.